The molecule has 0 aliphatic carbocycles. The summed E-state index contributed by atoms with van der Waals surface area (Å²) in [6.45, 7) is 10.2. The lowest BCUT2D eigenvalue weighted by Crippen LogP contribution is -2.27. The summed E-state index contributed by atoms with van der Waals surface area (Å²) in [6, 6.07) is 7.02. The smallest absolute Gasteiger partial charge is 0.328 e. The highest BCUT2D eigenvalue weighted by Gasteiger charge is 2.16. The first-order chi connectivity index (χ1) is 22.6. The van der Waals surface area contributed by atoms with E-state index in [1.165, 1.54) is 55.9 Å². The normalized spacial score (nSPS) is 11.7. The van der Waals surface area contributed by atoms with Crippen molar-refractivity contribution in [3.05, 3.63) is 45.9 Å². The van der Waals surface area contributed by atoms with Gasteiger partial charge in [-0.1, -0.05) is 83.6 Å². The Morgan fingerprint density at radius 3 is 2.28 bits per heavy atom. The number of benzene rings is 1. The van der Waals surface area contributed by atoms with Crippen LogP contribution < -0.4 is 26.8 Å². The zero-order valence-electron chi connectivity index (χ0n) is 28.8. The van der Waals surface area contributed by atoms with Crippen LogP contribution >= 0.6 is 0 Å². The molecular formula is C35H55N7O5. The number of anilines is 1. The summed E-state index contributed by atoms with van der Waals surface area (Å²) in [7, 11) is 1.56. The molecule has 260 valence electrons. The number of nitrogens with two attached hydrogens (primary N) is 1. The van der Waals surface area contributed by atoms with E-state index in [0.717, 1.165) is 25.1 Å². The molecule has 0 saturated heterocycles. The van der Waals surface area contributed by atoms with Crippen molar-refractivity contribution < 1.29 is 19.1 Å². The summed E-state index contributed by atoms with van der Waals surface area (Å²) in [4.78, 5) is 48.7. The first-order valence-electron chi connectivity index (χ1n) is 17.0. The third kappa shape index (κ3) is 13.9. The zero-order valence-corrected chi connectivity index (χ0v) is 28.8. The second kappa shape index (κ2) is 19.8. The summed E-state index contributed by atoms with van der Waals surface area (Å²) in [5, 5.41) is 6.36. The number of fused-ring (bicyclic) bond motifs is 1. The SMILES string of the molecule is COCCOc1nc(N)c2[nH]c(=O)n(Cc3ccc(C(=O)CCC(=O)NCCCNCCCCCCCCCC(C)(C)C)cc3)c2n1. The van der Waals surface area contributed by atoms with Crippen molar-refractivity contribution >= 4 is 28.7 Å². The van der Waals surface area contributed by atoms with Gasteiger partial charge in [-0.2, -0.15) is 9.97 Å². The number of hydrogen-bond acceptors (Lipinski definition) is 9. The molecule has 12 nitrogen and oxygen atoms in total. The molecule has 0 spiro atoms. The number of unbranched alkanes of at least 4 members (excludes halogenated alkanes) is 6. The highest BCUT2D eigenvalue weighted by Crippen LogP contribution is 2.23. The highest BCUT2D eigenvalue weighted by molar-refractivity contribution is 5.98. The van der Waals surface area contributed by atoms with E-state index in [1.54, 1.807) is 31.4 Å². The minimum atomic E-state index is -0.389. The van der Waals surface area contributed by atoms with Gasteiger partial charge in [-0.05, 0) is 43.3 Å². The van der Waals surface area contributed by atoms with Crippen LogP contribution in [0.3, 0.4) is 0 Å². The van der Waals surface area contributed by atoms with E-state index in [9.17, 15) is 14.4 Å². The van der Waals surface area contributed by atoms with Crippen molar-refractivity contribution in [1.29, 1.82) is 0 Å². The average Bonchev–Trinajstić information content (AvgIpc) is 3.35. The first-order valence-corrected chi connectivity index (χ1v) is 17.0. The van der Waals surface area contributed by atoms with Gasteiger partial charge in [0.1, 0.15) is 12.1 Å². The lowest BCUT2D eigenvalue weighted by Gasteiger charge is -2.17. The van der Waals surface area contributed by atoms with Gasteiger partial charge in [0.25, 0.3) is 0 Å². The summed E-state index contributed by atoms with van der Waals surface area (Å²) in [5.41, 5.74) is 8.03. The number of carbonyl (C=O) groups is 2. The van der Waals surface area contributed by atoms with Gasteiger partial charge in [-0.3, -0.25) is 14.2 Å². The molecule has 1 amide bonds. The number of H-pyrrole nitrogens is 1. The van der Waals surface area contributed by atoms with Crippen molar-refractivity contribution in [1.82, 2.24) is 30.2 Å². The fourth-order valence-electron chi connectivity index (χ4n) is 5.25. The van der Waals surface area contributed by atoms with Gasteiger partial charge in [0, 0.05) is 32.1 Å². The van der Waals surface area contributed by atoms with Crippen molar-refractivity contribution in [3.8, 4) is 6.01 Å². The minimum absolute atomic E-state index is 0.0512. The average molecular weight is 654 g/mol. The molecule has 2 heterocycles. The number of amides is 1. The van der Waals surface area contributed by atoms with Crippen molar-refractivity contribution in [2.75, 3.05) is 45.7 Å². The fourth-order valence-corrected chi connectivity index (χ4v) is 5.25. The van der Waals surface area contributed by atoms with E-state index >= 15 is 0 Å². The molecule has 2 aromatic heterocycles. The number of ketones is 1. The Bertz CT molecular complexity index is 1440. The van der Waals surface area contributed by atoms with Gasteiger partial charge in [0.2, 0.25) is 5.91 Å². The molecule has 0 aliphatic heterocycles. The van der Waals surface area contributed by atoms with Gasteiger partial charge < -0.3 is 30.8 Å². The number of nitrogens with zero attached hydrogens (tertiary/aromatic N) is 3. The quantitative estimate of drug-likeness (QED) is 0.0814. The maximum absolute atomic E-state index is 12.7. The second-order valence-electron chi connectivity index (χ2n) is 13.3. The number of ether oxygens (including phenoxy) is 2. The third-order valence-corrected chi connectivity index (χ3v) is 7.98. The van der Waals surface area contributed by atoms with Crippen molar-refractivity contribution in [3.63, 3.8) is 0 Å². The number of carbonyl (C=O) groups excluding carboxylic acids is 2. The van der Waals surface area contributed by atoms with E-state index in [2.05, 4.69) is 46.4 Å². The molecule has 0 unspecified atom stereocenters. The van der Waals surface area contributed by atoms with Crippen molar-refractivity contribution in [2.45, 2.75) is 97.9 Å². The van der Waals surface area contributed by atoms with Crippen LogP contribution in [0, 0.1) is 5.41 Å². The van der Waals surface area contributed by atoms with Gasteiger partial charge in [0.05, 0.1) is 13.2 Å². The topological polar surface area (TPSA) is 166 Å². The largest absolute Gasteiger partial charge is 0.461 e. The lowest BCUT2D eigenvalue weighted by molar-refractivity contribution is -0.121. The summed E-state index contributed by atoms with van der Waals surface area (Å²) in [5.74, 6) is -0.127. The van der Waals surface area contributed by atoms with Gasteiger partial charge >= 0.3 is 11.7 Å². The van der Waals surface area contributed by atoms with E-state index in [-0.39, 0.29) is 55.2 Å². The van der Waals surface area contributed by atoms with Crippen LogP contribution in [-0.4, -0.2) is 71.2 Å². The van der Waals surface area contributed by atoms with Crippen LogP contribution in [0.4, 0.5) is 5.82 Å². The molecule has 3 aromatic rings. The summed E-state index contributed by atoms with van der Waals surface area (Å²) >= 11 is 0. The molecule has 47 heavy (non-hydrogen) atoms. The Hall–Kier alpha value is -3.77. The van der Waals surface area contributed by atoms with Crippen LogP contribution in [0.1, 0.15) is 107 Å². The van der Waals surface area contributed by atoms with Gasteiger partial charge in [-0.15, -0.1) is 0 Å². The predicted molar refractivity (Wildman–Crippen MR) is 186 cm³/mol. The third-order valence-electron chi connectivity index (χ3n) is 7.98. The van der Waals surface area contributed by atoms with Crippen LogP contribution in [0.2, 0.25) is 0 Å². The number of imidazole rings is 1. The van der Waals surface area contributed by atoms with Gasteiger partial charge in [0.15, 0.2) is 17.2 Å². The maximum atomic E-state index is 12.7. The molecule has 0 saturated carbocycles. The number of nitrogen functional groups attached to an aromatic ring is 1. The Morgan fingerprint density at radius 1 is 0.894 bits per heavy atom. The first kappa shape index (κ1) is 37.7. The van der Waals surface area contributed by atoms with E-state index in [4.69, 9.17) is 15.2 Å². The Morgan fingerprint density at radius 2 is 1.57 bits per heavy atom. The molecule has 5 N–H and O–H groups in total. The number of hydrogen-bond donors (Lipinski definition) is 4. The fraction of sp³-hybridized carbons (Fsp3) is 0.629. The molecule has 1 aromatic carbocycles. The number of nitrogens with one attached hydrogen (secondary N) is 3. The Labute approximate surface area is 278 Å². The van der Waals surface area contributed by atoms with Crippen LogP contribution in [0.15, 0.2) is 29.1 Å². The van der Waals surface area contributed by atoms with E-state index in [0.29, 0.717) is 35.3 Å². The van der Waals surface area contributed by atoms with Crippen molar-refractivity contribution in [2.24, 2.45) is 5.41 Å². The molecule has 12 heteroatoms. The second-order valence-corrected chi connectivity index (χ2v) is 13.3. The standard InChI is InChI=1S/C35H55N7O5/c1-35(2,3)19-10-8-6-5-7-9-11-20-37-21-12-22-38-29(44)18-17-28(43)27-15-13-26(14-16-27)25-42-32-30(39-34(42)45)31(36)40-33(41-32)47-24-23-46-4/h13-16,37H,5-12,17-25H2,1-4H3,(H,38,44)(H,39,45)(H2,36,40,41). The molecule has 0 radical (unpaired) electrons. The van der Waals surface area contributed by atoms with E-state index in [1.807, 2.05) is 0 Å². The lowest BCUT2D eigenvalue weighted by atomic mass is 9.89. The number of aromatic nitrogens is 4. The molecule has 3 rings (SSSR count). The van der Waals surface area contributed by atoms with Crippen LogP contribution in [0.5, 0.6) is 6.01 Å². The Balaban J connectivity index is 1.29. The zero-order chi connectivity index (χ0) is 34.1. The minimum Gasteiger partial charge on any atom is -0.461 e. The number of rotatable bonds is 23. The Kier molecular flexibility index (Phi) is 15.9. The van der Waals surface area contributed by atoms with Crippen LogP contribution in [0.25, 0.3) is 11.2 Å². The predicted octanol–water partition coefficient (Wildman–Crippen LogP) is 5.00. The molecule has 0 atom stereocenters. The van der Waals surface area contributed by atoms with Crippen LogP contribution in [-0.2, 0) is 16.1 Å². The molecular weight excluding hydrogens is 598 g/mol. The molecule has 0 fully saturated rings. The molecule has 0 aliphatic rings. The number of aromatic amines is 1. The van der Waals surface area contributed by atoms with Gasteiger partial charge in [-0.25, -0.2) is 4.79 Å². The van der Waals surface area contributed by atoms with E-state index < -0.39 is 0 Å². The number of methoxy groups -OCH3 is 1. The highest BCUT2D eigenvalue weighted by atomic mass is 16.5. The number of Topliss-reactive ketones (excluding diaryl/α,β-unsaturated/α-hetero) is 1. The monoisotopic (exact) mass is 653 g/mol. The maximum Gasteiger partial charge on any atom is 0.328 e. The summed E-state index contributed by atoms with van der Waals surface area (Å²) in [6.07, 6.45) is 11.6. The summed E-state index contributed by atoms with van der Waals surface area (Å²) < 4.78 is 11.9. The molecule has 0 bridgehead atoms.